The molecule has 3 rings (SSSR count). The summed E-state index contributed by atoms with van der Waals surface area (Å²) in [7, 11) is 5.04. The van der Waals surface area contributed by atoms with Crippen molar-refractivity contribution >= 4 is 17.8 Å². The molecule has 0 spiro atoms. The van der Waals surface area contributed by atoms with E-state index in [4.69, 9.17) is 9.47 Å². The van der Waals surface area contributed by atoms with E-state index in [0.717, 1.165) is 6.07 Å². The second-order valence-corrected chi connectivity index (χ2v) is 6.38. The zero-order valence-corrected chi connectivity index (χ0v) is 16.1. The highest BCUT2D eigenvalue weighted by Crippen LogP contribution is 2.18. The number of methoxy groups -OCH3 is 1. The first-order valence-corrected chi connectivity index (χ1v) is 8.84. The molecule has 2 aromatic rings. The smallest absolute Gasteiger partial charge is 0.251 e. The van der Waals surface area contributed by atoms with Crippen molar-refractivity contribution in [2.45, 2.75) is 6.54 Å². The van der Waals surface area contributed by atoms with E-state index in [2.05, 4.69) is 20.3 Å². The van der Waals surface area contributed by atoms with Crippen molar-refractivity contribution in [3.05, 3.63) is 35.4 Å². The summed E-state index contributed by atoms with van der Waals surface area (Å²) >= 11 is 0. The maximum absolute atomic E-state index is 13.8. The molecule has 0 bridgehead atoms. The number of rotatable bonds is 6. The maximum atomic E-state index is 13.8. The first-order chi connectivity index (χ1) is 13.5. The number of benzene rings is 1. The number of aromatic nitrogens is 3. The van der Waals surface area contributed by atoms with Crippen molar-refractivity contribution in [3.63, 3.8) is 0 Å². The fourth-order valence-electron chi connectivity index (χ4n) is 2.65. The Labute approximate surface area is 162 Å². The fourth-order valence-corrected chi connectivity index (χ4v) is 2.65. The van der Waals surface area contributed by atoms with Gasteiger partial charge in [-0.15, -0.1) is 0 Å². The monoisotopic (exact) mass is 390 g/mol. The Morgan fingerprint density at radius 2 is 2.04 bits per heavy atom. The lowest BCUT2D eigenvalue weighted by Gasteiger charge is -2.27. The van der Waals surface area contributed by atoms with Crippen LogP contribution >= 0.6 is 0 Å². The van der Waals surface area contributed by atoms with Crippen LogP contribution in [0.25, 0.3) is 0 Å². The largest absolute Gasteiger partial charge is 0.494 e. The van der Waals surface area contributed by atoms with E-state index in [1.807, 2.05) is 19.0 Å². The number of hydrogen-bond donors (Lipinski definition) is 1. The SMILES string of the molecule is COc1ccc(C(=O)NCc2nc(N(C)C)nc(N3CCOCC3)n2)cc1F. The molecule has 1 aromatic carbocycles. The zero-order valence-electron chi connectivity index (χ0n) is 16.1. The summed E-state index contributed by atoms with van der Waals surface area (Å²) in [4.78, 5) is 29.4. The Balaban J connectivity index is 1.74. The summed E-state index contributed by atoms with van der Waals surface area (Å²) in [6, 6.07) is 4.04. The minimum atomic E-state index is -0.597. The molecular weight excluding hydrogens is 367 g/mol. The van der Waals surface area contributed by atoms with Crippen LogP contribution < -0.4 is 19.9 Å². The number of morpholine rings is 1. The lowest BCUT2D eigenvalue weighted by atomic mass is 10.2. The van der Waals surface area contributed by atoms with Crippen molar-refractivity contribution in [3.8, 4) is 5.75 Å². The predicted molar refractivity (Wildman–Crippen MR) is 101 cm³/mol. The lowest BCUT2D eigenvalue weighted by Crippen LogP contribution is -2.38. The van der Waals surface area contributed by atoms with Crippen LogP contribution in [-0.4, -0.2) is 68.4 Å². The van der Waals surface area contributed by atoms with Gasteiger partial charge in [0.25, 0.3) is 5.91 Å². The Hall–Kier alpha value is -3.01. The molecule has 150 valence electrons. The van der Waals surface area contributed by atoms with Gasteiger partial charge in [0.15, 0.2) is 17.4 Å². The highest BCUT2D eigenvalue weighted by molar-refractivity contribution is 5.94. The van der Waals surface area contributed by atoms with E-state index in [9.17, 15) is 9.18 Å². The van der Waals surface area contributed by atoms with Gasteiger partial charge in [-0.1, -0.05) is 0 Å². The average molecular weight is 390 g/mol. The van der Waals surface area contributed by atoms with E-state index in [1.165, 1.54) is 19.2 Å². The summed E-state index contributed by atoms with van der Waals surface area (Å²) in [6.45, 7) is 2.69. The molecule has 2 heterocycles. The number of carbonyl (C=O) groups excluding carboxylic acids is 1. The average Bonchev–Trinajstić information content (AvgIpc) is 2.72. The van der Waals surface area contributed by atoms with Gasteiger partial charge in [0.05, 0.1) is 26.9 Å². The van der Waals surface area contributed by atoms with Crippen LogP contribution in [0.4, 0.5) is 16.3 Å². The van der Waals surface area contributed by atoms with Crippen LogP contribution in [0.1, 0.15) is 16.2 Å². The van der Waals surface area contributed by atoms with Crippen LogP contribution in [0.15, 0.2) is 18.2 Å². The van der Waals surface area contributed by atoms with E-state index in [0.29, 0.717) is 44.0 Å². The second kappa shape index (κ2) is 8.79. The van der Waals surface area contributed by atoms with Gasteiger partial charge >= 0.3 is 0 Å². The Morgan fingerprint density at radius 3 is 2.68 bits per heavy atom. The van der Waals surface area contributed by atoms with Crippen molar-refractivity contribution in [1.29, 1.82) is 0 Å². The molecule has 0 radical (unpaired) electrons. The van der Waals surface area contributed by atoms with Gasteiger partial charge < -0.3 is 24.6 Å². The molecule has 9 nitrogen and oxygen atoms in total. The quantitative estimate of drug-likeness (QED) is 0.776. The zero-order chi connectivity index (χ0) is 20.1. The molecule has 1 N–H and O–H groups in total. The Bertz CT molecular complexity index is 842. The normalized spacial score (nSPS) is 13.9. The standard InChI is InChI=1S/C18H23FN6O3/c1-24(2)17-21-15(22-18(23-17)25-6-8-28-9-7-25)11-20-16(26)12-4-5-14(27-3)13(19)10-12/h4-5,10H,6-9,11H2,1-3H3,(H,20,26). The molecule has 1 aliphatic rings. The minimum Gasteiger partial charge on any atom is -0.494 e. The summed E-state index contributed by atoms with van der Waals surface area (Å²) in [5.41, 5.74) is 0.189. The van der Waals surface area contributed by atoms with E-state index >= 15 is 0 Å². The first-order valence-electron chi connectivity index (χ1n) is 8.84. The van der Waals surface area contributed by atoms with E-state index in [1.54, 1.807) is 4.90 Å². The summed E-state index contributed by atoms with van der Waals surface area (Å²) < 4.78 is 24.0. The van der Waals surface area contributed by atoms with Crippen LogP contribution in [0.5, 0.6) is 5.75 Å². The number of carbonyl (C=O) groups is 1. The van der Waals surface area contributed by atoms with E-state index < -0.39 is 11.7 Å². The van der Waals surface area contributed by atoms with E-state index in [-0.39, 0.29) is 17.9 Å². The molecule has 1 amide bonds. The number of ether oxygens (including phenoxy) is 2. The molecule has 0 saturated carbocycles. The van der Waals surface area contributed by atoms with Gasteiger partial charge in [-0.25, -0.2) is 4.39 Å². The van der Waals surface area contributed by atoms with Gasteiger partial charge in [0, 0.05) is 32.7 Å². The van der Waals surface area contributed by atoms with Gasteiger partial charge in [-0.3, -0.25) is 4.79 Å². The molecular formula is C18H23FN6O3. The van der Waals surface area contributed by atoms with Crippen LogP contribution in [0, 0.1) is 5.82 Å². The number of nitrogens with zero attached hydrogens (tertiary/aromatic N) is 5. The molecule has 0 atom stereocenters. The molecule has 1 aromatic heterocycles. The van der Waals surface area contributed by atoms with Crippen molar-refractivity contribution in [2.75, 3.05) is 57.3 Å². The van der Waals surface area contributed by atoms with Crippen molar-refractivity contribution in [1.82, 2.24) is 20.3 Å². The predicted octanol–water partition coefficient (Wildman–Crippen LogP) is 0.852. The summed E-state index contributed by atoms with van der Waals surface area (Å²) in [5, 5.41) is 2.72. The molecule has 1 aliphatic heterocycles. The van der Waals surface area contributed by atoms with Gasteiger partial charge in [-0.2, -0.15) is 15.0 Å². The first kappa shape index (κ1) is 19.7. The molecule has 1 fully saturated rings. The minimum absolute atomic E-state index is 0.0831. The van der Waals surface area contributed by atoms with Crippen LogP contribution in [0.3, 0.4) is 0 Å². The molecule has 0 unspecified atom stereocenters. The number of anilines is 2. The Kier molecular flexibility index (Phi) is 6.19. The Morgan fingerprint density at radius 1 is 1.29 bits per heavy atom. The van der Waals surface area contributed by atoms with Crippen LogP contribution in [0.2, 0.25) is 0 Å². The molecule has 10 heteroatoms. The number of amides is 1. The number of halogens is 1. The van der Waals surface area contributed by atoms with Crippen LogP contribution in [-0.2, 0) is 11.3 Å². The molecule has 28 heavy (non-hydrogen) atoms. The fraction of sp³-hybridized carbons (Fsp3) is 0.444. The second-order valence-electron chi connectivity index (χ2n) is 6.38. The summed E-state index contributed by atoms with van der Waals surface area (Å²) in [5.74, 6) is 0.515. The van der Waals surface area contributed by atoms with Gasteiger partial charge in [0.1, 0.15) is 0 Å². The third kappa shape index (κ3) is 4.63. The third-order valence-electron chi connectivity index (χ3n) is 4.17. The number of nitrogens with one attached hydrogen (secondary N) is 1. The summed E-state index contributed by atoms with van der Waals surface area (Å²) in [6.07, 6.45) is 0. The lowest BCUT2D eigenvalue weighted by molar-refractivity contribution is 0.0949. The topological polar surface area (TPSA) is 92.7 Å². The van der Waals surface area contributed by atoms with Gasteiger partial charge in [-0.05, 0) is 18.2 Å². The molecule has 1 saturated heterocycles. The van der Waals surface area contributed by atoms with Gasteiger partial charge in [0.2, 0.25) is 11.9 Å². The maximum Gasteiger partial charge on any atom is 0.251 e. The highest BCUT2D eigenvalue weighted by atomic mass is 19.1. The highest BCUT2D eigenvalue weighted by Gasteiger charge is 2.18. The number of hydrogen-bond acceptors (Lipinski definition) is 8. The molecule has 0 aliphatic carbocycles. The van der Waals surface area contributed by atoms with Crippen molar-refractivity contribution in [2.24, 2.45) is 0 Å². The van der Waals surface area contributed by atoms with Crippen molar-refractivity contribution < 1.29 is 18.7 Å². The third-order valence-corrected chi connectivity index (χ3v) is 4.17.